The normalized spacial score (nSPS) is 21.1. The molecule has 2 amide bonds. The number of thiazole rings is 1. The fourth-order valence-electron chi connectivity index (χ4n) is 4.45. The van der Waals surface area contributed by atoms with Gasteiger partial charge in [0.05, 0.1) is 17.8 Å². The predicted octanol–water partition coefficient (Wildman–Crippen LogP) is 2.92. The third-order valence-electron chi connectivity index (χ3n) is 6.24. The molecule has 0 spiro atoms. The van der Waals surface area contributed by atoms with Crippen LogP contribution < -0.4 is 10.6 Å². The third kappa shape index (κ3) is 4.66. The van der Waals surface area contributed by atoms with E-state index in [2.05, 4.69) is 25.5 Å². The highest BCUT2D eigenvalue weighted by Gasteiger charge is 2.33. The first-order chi connectivity index (χ1) is 15.9. The summed E-state index contributed by atoms with van der Waals surface area (Å²) in [4.78, 5) is 48.9. The minimum Gasteiger partial charge on any atom is -0.351 e. The molecule has 10 heteroatoms. The zero-order chi connectivity index (χ0) is 23.1. The monoisotopic (exact) mass is 485 g/mol. The zero-order valence-electron chi connectivity index (χ0n) is 18.1. The topological polar surface area (TPSA) is 107 Å². The number of nitrogens with one attached hydrogen (secondary N) is 3. The molecule has 1 fully saturated rings. The van der Waals surface area contributed by atoms with Crippen molar-refractivity contribution in [1.82, 2.24) is 25.5 Å². The van der Waals surface area contributed by atoms with Crippen LogP contribution in [0.4, 0.5) is 0 Å². The maximum Gasteiger partial charge on any atom is 0.280 e. The van der Waals surface area contributed by atoms with Crippen molar-refractivity contribution in [3.8, 4) is 0 Å². The van der Waals surface area contributed by atoms with Gasteiger partial charge in [-0.2, -0.15) is 0 Å². The molecule has 2 atom stereocenters. The van der Waals surface area contributed by atoms with Crippen LogP contribution >= 0.6 is 22.9 Å². The molecule has 0 saturated heterocycles. The quantitative estimate of drug-likeness (QED) is 0.526. The van der Waals surface area contributed by atoms with Gasteiger partial charge in [0.25, 0.3) is 11.8 Å². The highest BCUT2D eigenvalue weighted by atomic mass is 35.5. The Bertz CT molecular complexity index is 1250. The lowest BCUT2D eigenvalue weighted by Crippen LogP contribution is -2.54. The first-order valence-corrected chi connectivity index (χ1v) is 12.1. The van der Waals surface area contributed by atoms with Crippen molar-refractivity contribution in [1.29, 1.82) is 0 Å². The number of carbonyl (C=O) groups is 3. The second kappa shape index (κ2) is 8.89. The summed E-state index contributed by atoms with van der Waals surface area (Å²) in [6.45, 7) is 1.71. The molecule has 1 aromatic carbocycles. The summed E-state index contributed by atoms with van der Waals surface area (Å²) < 4.78 is 0. The number of aromatic nitrogens is 2. The van der Waals surface area contributed by atoms with E-state index in [0.717, 1.165) is 41.0 Å². The van der Waals surface area contributed by atoms with Crippen molar-refractivity contribution in [2.45, 2.75) is 44.3 Å². The van der Waals surface area contributed by atoms with Crippen LogP contribution in [-0.2, 0) is 17.8 Å². The Morgan fingerprint density at radius 1 is 1.18 bits per heavy atom. The lowest BCUT2D eigenvalue weighted by molar-refractivity contribution is -0.121. The molecule has 33 heavy (non-hydrogen) atoms. The maximum absolute atomic E-state index is 13.0. The summed E-state index contributed by atoms with van der Waals surface area (Å²) in [5.74, 6) is -0.504. The van der Waals surface area contributed by atoms with Gasteiger partial charge in [0, 0.05) is 53.2 Å². The number of Topliss-reactive ketones (excluding diaryl/α,β-unsaturated/α-hetero) is 1. The number of fused-ring (bicyclic) bond motifs is 2. The lowest BCUT2D eigenvalue weighted by atomic mass is 9.89. The molecule has 8 nitrogen and oxygen atoms in total. The molecule has 0 unspecified atom stereocenters. The number of H-pyrrole nitrogens is 1. The number of nitrogens with zero attached hydrogens (tertiary/aromatic N) is 2. The van der Waals surface area contributed by atoms with Crippen LogP contribution in [0.1, 0.15) is 50.1 Å². The molecule has 2 aromatic heterocycles. The first kappa shape index (κ1) is 22.1. The summed E-state index contributed by atoms with van der Waals surface area (Å²) in [6.07, 6.45) is 1.86. The van der Waals surface area contributed by atoms with Crippen LogP contribution in [0.25, 0.3) is 10.9 Å². The Morgan fingerprint density at radius 2 is 2.00 bits per heavy atom. The fraction of sp³-hybridized carbons (Fsp3) is 0.391. The summed E-state index contributed by atoms with van der Waals surface area (Å²) in [6, 6.07) is 6.28. The summed E-state index contributed by atoms with van der Waals surface area (Å²) >= 11 is 7.44. The van der Waals surface area contributed by atoms with E-state index in [9.17, 15) is 14.4 Å². The minimum absolute atomic E-state index is 0.0751. The molecule has 2 aliphatic rings. The van der Waals surface area contributed by atoms with Gasteiger partial charge in [-0.25, -0.2) is 4.98 Å². The number of benzene rings is 1. The lowest BCUT2D eigenvalue weighted by Gasteiger charge is -2.31. The number of carbonyl (C=O) groups excluding carboxylic acids is 3. The van der Waals surface area contributed by atoms with Crippen molar-refractivity contribution in [2.75, 3.05) is 13.6 Å². The molecule has 3 aromatic rings. The van der Waals surface area contributed by atoms with E-state index in [-0.39, 0.29) is 30.1 Å². The molecule has 0 bridgehead atoms. The van der Waals surface area contributed by atoms with Gasteiger partial charge in [-0.15, -0.1) is 11.3 Å². The minimum atomic E-state index is -0.481. The summed E-state index contributed by atoms with van der Waals surface area (Å²) in [7, 11) is 2.05. The van der Waals surface area contributed by atoms with Gasteiger partial charge in [0.15, 0.2) is 5.01 Å². The standard InChI is InChI=1S/C23H24ClN5O3S/c1-29-7-6-17-20(11-29)33-23(28-17)22(32)27-18-10-14(30)3-5-16(18)26-21(31)19-9-12-8-13(24)2-4-15(12)25-19/h2,4,8-9,16,18,25H,3,5-7,10-11H2,1H3,(H,26,31)(H,27,32)/t16-,18+/m0/s1. The number of amides is 2. The van der Waals surface area contributed by atoms with Crippen LogP contribution in [0.2, 0.25) is 5.02 Å². The number of rotatable bonds is 4. The molecule has 3 heterocycles. The number of halogens is 1. The van der Waals surface area contributed by atoms with E-state index >= 15 is 0 Å². The van der Waals surface area contributed by atoms with E-state index < -0.39 is 6.04 Å². The summed E-state index contributed by atoms with van der Waals surface area (Å²) in [5.41, 5.74) is 2.20. The van der Waals surface area contributed by atoms with Gasteiger partial charge >= 0.3 is 0 Å². The largest absolute Gasteiger partial charge is 0.351 e. The second-order valence-electron chi connectivity index (χ2n) is 8.73. The molecular weight excluding hydrogens is 462 g/mol. The van der Waals surface area contributed by atoms with Crippen molar-refractivity contribution >= 4 is 51.4 Å². The van der Waals surface area contributed by atoms with Gasteiger partial charge in [0.1, 0.15) is 11.5 Å². The van der Waals surface area contributed by atoms with Crippen molar-refractivity contribution < 1.29 is 14.4 Å². The Labute approximate surface area is 199 Å². The van der Waals surface area contributed by atoms with Crippen molar-refractivity contribution in [3.63, 3.8) is 0 Å². The molecule has 1 aliphatic heterocycles. The molecule has 0 radical (unpaired) electrons. The molecule has 5 rings (SSSR count). The zero-order valence-corrected chi connectivity index (χ0v) is 19.7. The van der Waals surface area contributed by atoms with Gasteiger partial charge < -0.3 is 20.5 Å². The highest BCUT2D eigenvalue weighted by molar-refractivity contribution is 7.13. The van der Waals surface area contributed by atoms with Gasteiger partial charge in [-0.1, -0.05) is 11.6 Å². The number of hydrogen-bond donors (Lipinski definition) is 3. The van der Waals surface area contributed by atoms with Gasteiger partial charge in [-0.3, -0.25) is 14.4 Å². The first-order valence-electron chi connectivity index (χ1n) is 10.9. The second-order valence-corrected chi connectivity index (χ2v) is 10.3. The van der Waals surface area contributed by atoms with Crippen molar-refractivity contribution in [2.24, 2.45) is 0 Å². The van der Waals surface area contributed by atoms with Crippen LogP contribution in [0.5, 0.6) is 0 Å². The molecule has 3 N–H and O–H groups in total. The van der Waals surface area contributed by atoms with Gasteiger partial charge in [-0.05, 0) is 37.7 Å². The molecule has 172 valence electrons. The van der Waals surface area contributed by atoms with E-state index in [4.69, 9.17) is 11.6 Å². The highest BCUT2D eigenvalue weighted by Crippen LogP contribution is 2.25. The summed E-state index contributed by atoms with van der Waals surface area (Å²) in [5, 5.41) is 7.80. The SMILES string of the molecule is CN1CCc2nc(C(=O)N[C@@H]3CC(=O)CC[C@@H]3NC(=O)c3cc4cc(Cl)ccc4[nH]3)sc2C1. The Morgan fingerprint density at radius 3 is 2.85 bits per heavy atom. The van der Waals surface area contributed by atoms with Crippen LogP contribution in [0.15, 0.2) is 24.3 Å². The number of ketones is 1. The number of aromatic amines is 1. The smallest absolute Gasteiger partial charge is 0.280 e. The van der Waals surface area contributed by atoms with E-state index in [1.807, 2.05) is 13.1 Å². The Kier molecular flexibility index (Phi) is 5.94. The van der Waals surface area contributed by atoms with Gasteiger partial charge in [0.2, 0.25) is 0 Å². The van der Waals surface area contributed by atoms with Crippen LogP contribution in [0.3, 0.4) is 0 Å². The van der Waals surface area contributed by atoms with Crippen LogP contribution in [-0.4, -0.2) is 58.1 Å². The Balaban J connectivity index is 1.30. The number of likely N-dealkylation sites (N-methyl/N-ethyl adjacent to an activating group) is 1. The maximum atomic E-state index is 13.0. The number of hydrogen-bond acceptors (Lipinski definition) is 6. The average molecular weight is 486 g/mol. The van der Waals surface area contributed by atoms with Crippen LogP contribution in [0, 0.1) is 0 Å². The predicted molar refractivity (Wildman–Crippen MR) is 127 cm³/mol. The van der Waals surface area contributed by atoms with E-state index in [0.29, 0.717) is 28.6 Å². The van der Waals surface area contributed by atoms with E-state index in [1.165, 1.54) is 11.3 Å². The van der Waals surface area contributed by atoms with E-state index in [1.54, 1.807) is 18.2 Å². The molecule has 1 aliphatic carbocycles. The van der Waals surface area contributed by atoms with Crippen molar-refractivity contribution in [3.05, 3.63) is 50.6 Å². The Hall–Kier alpha value is -2.75. The fourth-order valence-corrected chi connectivity index (χ4v) is 5.73. The molecule has 1 saturated carbocycles. The molecular formula is C23H24ClN5O3S. The third-order valence-corrected chi connectivity index (χ3v) is 7.56. The average Bonchev–Trinajstić information content (AvgIpc) is 3.39.